The number of nitrogens with zero attached hydrogens (tertiary/aromatic N) is 4. The highest BCUT2D eigenvalue weighted by atomic mass is 20.0. The molecule has 0 amide bonds. The van der Waals surface area contributed by atoms with Crippen molar-refractivity contribution >= 4 is 6.34 Å². The van der Waals surface area contributed by atoms with Crippen molar-refractivity contribution in [3.8, 4) is 16.9 Å². The Morgan fingerprint density at radius 3 is 2.18 bits per heavy atom. The van der Waals surface area contributed by atoms with E-state index in [4.69, 9.17) is 9.15 Å². The Hall–Kier alpha value is -4.07. The van der Waals surface area contributed by atoms with Crippen molar-refractivity contribution in [2.45, 2.75) is 19.0 Å². The lowest BCUT2D eigenvalue weighted by Crippen LogP contribution is -2.19. The molecule has 3 rings (SSSR count). The maximum absolute atomic E-state index is 13.7. The molecule has 0 saturated heterocycles. The van der Waals surface area contributed by atoms with Crippen LogP contribution in [0.2, 0.25) is 0 Å². The molecule has 7 nitrogen and oxygen atoms in total. The lowest BCUT2D eigenvalue weighted by Gasteiger charge is -2.10. The lowest BCUT2D eigenvalue weighted by atomic mass is 10.0. The Morgan fingerprint density at radius 1 is 0.947 bits per heavy atom. The molecule has 0 saturated carbocycles. The van der Waals surface area contributed by atoms with Crippen LogP contribution >= 0.6 is 0 Å². The van der Waals surface area contributed by atoms with Crippen molar-refractivity contribution in [2.75, 3.05) is 20.4 Å². The number of ether oxygens (including phenoxy) is 2. The molecule has 0 aliphatic heterocycles. The Kier molecular flexibility index (Phi) is 14.6. The van der Waals surface area contributed by atoms with E-state index in [-0.39, 0.29) is 5.75 Å². The number of halogens is 7. The number of benzene rings is 2. The van der Waals surface area contributed by atoms with Gasteiger partial charge in [0.1, 0.15) is 30.5 Å². The van der Waals surface area contributed by atoms with Crippen molar-refractivity contribution in [3.63, 3.8) is 0 Å². The highest BCUT2D eigenvalue weighted by Crippen LogP contribution is 2.24. The molecule has 0 spiro atoms. The molecule has 3 aromatic rings. The first-order valence-electron chi connectivity index (χ1n) is 10.6. The SMILES string of the molecule is COC/N=C/N=NN.FF.Fc1ccc(CCc2ccc(-c3ccc(OCC(F)(F)F)cc3)cn2)c(F)c1. The summed E-state index contributed by atoms with van der Waals surface area (Å²) in [4.78, 5) is 7.92. The normalized spacial score (nSPS) is 11.1. The number of hydrogen-bond acceptors (Lipinski definition) is 5. The third kappa shape index (κ3) is 12.8. The van der Waals surface area contributed by atoms with E-state index in [0.29, 0.717) is 25.1 Å². The highest BCUT2D eigenvalue weighted by molar-refractivity contribution is 5.63. The van der Waals surface area contributed by atoms with Gasteiger partial charge >= 0.3 is 6.18 Å². The fourth-order valence-corrected chi connectivity index (χ4v) is 2.81. The molecule has 1 heterocycles. The number of alkyl halides is 3. The minimum absolute atomic E-state index is 0.131. The van der Waals surface area contributed by atoms with E-state index in [2.05, 4.69) is 35.6 Å². The molecule has 14 heteroatoms. The van der Waals surface area contributed by atoms with Gasteiger partial charge in [0.15, 0.2) is 6.61 Å². The van der Waals surface area contributed by atoms with E-state index in [1.807, 2.05) is 6.07 Å². The third-order valence-electron chi connectivity index (χ3n) is 4.48. The van der Waals surface area contributed by atoms with Gasteiger partial charge in [-0.3, -0.25) is 4.98 Å². The molecule has 0 aliphatic carbocycles. The van der Waals surface area contributed by atoms with Crippen LogP contribution in [0.25, 0.3) is 11.1 Å². The number of methoxy groups -OCH3 is 1. The first-order chi connectivity index (χ1) is 18.2. The van der Waals surface area contributed by atoms with Crippen molar-refractivity contribution in [1.29, 1.82) is 0 Å². The largest absolute Gasteiger partial charge is 0.484 e. The number of aryl methyl sites for hydroxylation is 2. The Bertz CT molecular complexity index is 1130. The van der Waals surface area contributed by atoms with Crippen molar-refractivity contribution in [1.82, 2.24) is 4.98 Å². The maximum atomic E-state index is 13.7. The number of hydrogen-bond donors (Lipinski definition) is 1. The second kappa shape index (κ2) is 17.4. The third-order valence-corrected chi connectivity index (χ3v) is 4.48. The van der Waals surface area contributed by atoms with E-state index >= 15 is 0 Å². The molecular weight excluding hydrogens is 523 g/mol. The van der Waals surface area contributed by atoms with Gasteiger partial charge in [-0.15, -0.1) is 5.11 Å². The molecule has 1 aromatic heterocycles. The summed E-state index contributed by atoms with van der Waals surface area (Å²) in [6.45, 7) is -1.05. The van der Waals surface area contributed by atoms with Crippen LogP contribution in [0.5, 0.6) is 5.75 Å². The van der Waals surface area contributed by atoms with Crippen LogP contribution in [0.15, 0.2) is 76.1 Å². The van der Waals surface area contributed by atoms with Gasteiger partial charge in [-0.1, -0.05) is 29.5 Å². The van der Waals surface area contributed by atoms with Crippen LogP contribution in [-0.2, 0) is 17.6 Å². The van der Waals surface area contributed by atoms with Crippen LogP contribution in [0.4, 0.5) is 31.1 Å². The van der Waals surface area contributed by atoms with Crippen LogP contribution in [0.1, 0.15) is 11.3 Å². The summed E-state index contributed by atoms with van der Waals surface area (Å²) in [5.74, 6) is 3.58. The number of aromatic nitrogens is 1. The summed E-state index contributed by atoms with van der Waals surface area (Å²) < 4.78 is 88.3. The molecular formula is C24H24F7N5O2. The molecule has 0 radical (unpaired) electrons. The van der Waals surface area contributed by atoms with E-state index in [9.17, 15) is 22.0 Å². The van der Waals surface area contributed by atoms with Crippen LogP contribution in [0, 0.1) is 11.6 Å². The van der Waals surface area contributed by atoms with Crippen LogP contribution in [-0.4, -0.2) is 37.9 Å². The predicted octanol–water partition coefficient (Wildman–Crippen LogP) is 6.54. The topological polar surface area (TPSA) is 94.5 Å². The van der Waals surface area contributed by atoms with E-state index in [1.165, 1.54) is 37.7 Å². The average Bonchev–Trinajstić information content (AvgIpc) is 2.91. The quantitative estimate of drug-likeness (QED) is 0.0822. The summed E-state index contributed by atoms with van der Waals surface area (Å²) in [7, 11) is 1.54. The monoisotopic (exact) mass is 547 g/mol. The van der Waals surface area contributed by atoms with Gasteiger partial charge in [-0.05, 0) is 48.2 Å². The fourth-order valence-electron chi connectivity index (χ4n) is 2.81. The average molecular weight is 547 g/mol. The van der Waals surface area contributed by atoms with E-state index in [0.717, 1.165) is 22.9 Å². The first-order valence-corrected chi connectivity index (χ1v) is 10.6. The number of aliphatic imine (C=N–C) groups is 1. The summed E-state index contributed by atoms with van der Waals surface area (Å²) in [5.41, 5.74) is 2.74. The standard InChI is InChI=1S/C21H16F5NO.C3H8N4O.F2/c22-17-6-1-15(20(23)11-17)2-7-18-8-3-16(12-27-18)14-4-9-19(10-5-14)28-13-21(24,25)26;1-8-3-5-2-6-7-4;1-2/h1,3-6,8-12H,2,7,13H2;2H,3H2,1H3,(H2,4,5,6);. The number of pyridine rings is 1. The minimum atomic E-state index is -4.38. The molecule has 0 unspecified atom stereocenters. The summed E-state index contributed by atoms with van der Waals surface area (Å²) >= 11 is 0. The zero-order valence-electron chi connectivity index (χ0n) is 20.0. The van der Waals surface area contributed by atoms with Gasteiger partial charge in [0.05, 0.1) is 0 Å². The molecule has 0 aliphatic rings. The molecule has 0 fully saturated rings. The molecule has 2 aromatic carbocycles. The maximum Gasteiger partial charge on any atom is 0.422 e. The number of rotatable bonds is 9. The Labute approximate surface area is 213 Å². The van der Waals surface area contributed by atoms with Crippen molar-refractivity contribution < 1.29 is 40.6 Å². The summed E-state index contributed by atoms with van der Waals surface area (Å²) in [6, 6.07) is 13.3. The van der Waals surface area contributed by atoms with Gasteiger partial charge in [0.2, 0.25) is 0 Å². The Balaban J connectivity index is 0.000000620. The number of nitrogens with two attached hydrogens (primary N) is 1. The Morgan fingerprint density at radius 2 is 1.63 bits per heavy atom. The van der Waals surface area contributed by atoms with Gasteiger partial charge in [-0.25, -0.2) is 13.8 Å². The predicted molar refractivity (Wildman–Crippen MR) is 127 cm³/mol. The van der Waals surface area contributed by atoms with E-state index in [1.54, 1.807) is 24.4 Å². The second-order valence-electron chi connectivity index (χ2n) is 7.15. The molecule has 0 atom stereocenters. The fraction of sp³-hybridized carbons (Fsp3) is 0.250. The highest BCUT2D eigenvalue weighted by Gasteiger charge is 2.28. The van der Waals surface area contributed by atoms with Crippen molar-refractivity contribution in [3.05, 3.63) is 83.7 Å². The molecule has 2 N–H and O–H groups in total. The zero-order chi connectivity index (χ0) is 28.4. The van der Waals surface area contributed by atoms with Gasteiger partial charge in [0, 0.05) is 39.8 Å². The lowest BCUT2D eigenvalue weighted by molar-refractivity contribution is -0.153. The van der Waals surface area contributed by atoms with Gasteiger partial charge in [0.25, 0.3) is 0 Å². The smallest absolute Gasteiger partial charge is 0.422 e. The molecule has 0 bridgehead atoms. The molecule has 38 heavy (non-hydrogen) atoms. The van der Waals surface area contributed by atoms with Gasteiger partial charge < -0.3 is 15.3 Å². The summed E-state index contributed by atoms with van der Waals surface area (Å²) in [6.07, 6.45) is -0.628. The summed E-state index contributed by atoms with van der Waals surface area (Å²) in [5, 5.41) is 6.17. The molecule has 206 valence electrons. The second-order valence-corrected chi connectivity index (χ2v) is 7.15. The van der Waals surface area contributed by atoms with E-state index < -0.39 is 24.4 Å². The first kappa shape index (κ1) is 32.0. The van der Waals surface area contributed by atoms with Crippen molar-refractivity contribution in [2.24, 2.45) is 21.2 Å². The van der Waals surface area contributed by atoms with Crippen LogP contribution < -0.4 is 10.6 Å². The zero-order valence-corrected chi connectivity index (χ0v) is 20.0. The minimum Gasteiger partial charge on any atom is -0.484 e. The van der Waals surface area contributed by atoms with Gasteiger partial charge in [-0.2, -0.15) is 13.2 Å². The van der Waals surface area contributed by atoms with Crippen LogP contribution in [0.3, 0.4) is 0 Å².